The maximum absolute atomic E-state index is 9.75. The second kappa shape index (κ2) is 9.85. The first-order valence-electron chi connectivity index (χ1n) is 11.2. The van der Waals surface area contributed by atoms with Crippen molar-refractivity contribution in [1.82, 2.24) is 15.4 Å². The number of nitriles is 1. The van der Waals surface area contributed by atoms with Gasteiger partial charge >= 0.3 is 0 Å². The molecule has 4 rings (SSSR count). The molecule has 2 aliphatic heterocycles. The van der Waals surface area contributed by atoms with Crippen LogP contribution in [0.1, 0.15) is 53.4 Å². The predicted molar refractivity (Wildman–Crippen MR) is 124 cm³/mol. The van der Waals surface area contributed by atoms with Gasteiger partial charge in [-0.2, -0.15) is 5.26 Å². The highest BCUT2D eigenvalue weighted by molar-refractivity contribution is 5.95. The molecule has 9 heteroatoms. The summed E-state index contributed by atoms with van der Waals surface area (Å²) in [6, 6.07) is 8.24. The van der Waals surface area contributed by atoms with Crippen LogP contribution < -0.4 is 10.8 Å². The van der Waals surface area contributed by atoms with E-state index in [4.69, 9.17) is 14.9 Å². The van der Waals surface area contributed by atoms with Crippen molar-refractivity contribution in [2.75, 3.05) is 25.0 Å². The Labute approximate surface area is 193 Å². The van der Waals surface area contributed by atoms with Gasteiger partial charge in [0, 0.05) is 31.9 Å². The number of hydrogen-bond acceptors (Lipinski definition) is 9. The van der Waals surface area contributed by atoms with E-state index in [0.717, 1.165) is 25.1 Å². The monoisotopic (exact) mass is 450 g/mol. The van der Waals surface area contributed by atoms with Crippen LogP contribution in [0.4, 0.5) is 5.82 Å². The van der Waals surface area contributed by atoms with E-state index < -0.39 is 6.10 Å². The summed E-state index contributed by atoms with van der Waals surface area (Å²) in [4.78, 5) is 16.9. The van der Waals surface area contributed by atoms with Crippen molar-refractivity contribution in [3.05, 3.63) is 57.8 Å². The highest BCUT2D eigenvalue weighted by Crippen LogP contribution is 2.31. The number of rotatable bonds is 7. The van der Waals surface area contributed by atoms with Crippen molar-refractivity contribution >= 4 is 11.7 Å². The number of nitrogens with zero attached hydrogens (tertiary/aromatic N) is 4. The van der Waals surface area contributed by atoms with Gasteiger partial charge in [0.1, 0.15) is 11.9 Å². The van der Waals surface area contributed by atoms with E-state index in [2.05, 4.69) is 45.8 Å². The summed E-state index contributed by atoms with van der Waals surface area (Å²) in [5.74, 6) is 0.951. The van der Waals surface area contributed by atoms with Gasteiger partial charge < -0.3 is 20.4 Å². The van der Waals surface area contributed by atoms with E-state index in [1.54, 1.807) is 12.3 Å². The number of β-amino-alcohol motifs (C(OH)–C–C–N with tert-alkyl or cyclic N) is 1. The Morgan fingerprint density at radius 3 is 2.94 bits per heavy atom. The molecule has 4 N–H and O–H groups in total. The van der Waals surface area contributed by atoms with E-state index in [1.165, 1.54) is 16.7 Å². The van der Waals surface area contributed by atoms with Gasteiger partial charge in [-0.25, -0.2) is 9.98 Å². The molecule has 174 valence electrons. The highest BCUT2D eigenvalue weighted by Gasteiger charge is 2.27. The normalized spacial score (nSPS) is 18.9. The number of aliphatic hydroxyl groups excluding tert-OH is 2. The summed E-state index contributed by atoms with van der Waals surface area (Å²) in [7, 11) is 0. The molecule has 0 spiro atoms. The van der Waals surface area contributed by atoms with Gasteiger partial charge in [-0.1, -0.05) is 12.1 Å². The average molecular weight is 451 g/mol. The second-order valence-corrected chi connectivity index (χ2v) is 8.83. The fourth-order valence-electron chi connectivity index (χ4n) is 4.33. The van der Waals surface area contributed by atoms with Crippen LogP contribution >= 0.6 is 0 Å². The van der Waals surface area contributed by atoms with E-state index in [-0.39, 0.29) is 18.8 Å². The number of hydroxylamine groups is 1. The Hall–Kier alpha value is -3.03. The molecular weight excluding hydrogens is 420 g/mol. The lowest BCUT2D eigenvalue weighted by Crippen LogP contribution is -2.38. The molecule has 3 heterocycles. The van der Waals surface area contributed by atoms with Gasteiger partial charge in [0.15, 0.2) is 6.17 Å². The van der Waals surface area contributed by atoms with Crippen molar-refractivity contribution in [3.8, 4) is 6.07 Å². The fourth-order valence-corrected chi connectivity index (χ4v) is 4.33. The van der Waals surface area contributed by atoms with Gasteiger partial charge in [-0.15, -0.1) is 5.48 Å². The fraction of sp³-hybridized carbons (Fsp3) is 0.458. The third-order valence-corrected chi connectivity index (χ3v) is 5.98. The first kappa shape index (κ1) is 23.1. The van der Waals surface area contributed by atoms with Crippen molar-refractivity contribution in [2.45, 2.75) is 52.0 Å². The summed E-state index contributed by atoms with van der Waals surface area (Å²) < 4.78 is 0. The molecule has 1 aromatic carbocycles. The minimum Gasteiger partial charge on any atom is -0.394 e. The molecule has 0 amide bonds. The van der Waals surface area contributed by atoms with Gasteiger partial charge in [0.25, 0.3) is 0 Å². The van der Waals surface area contributed by atoms with Crippen molar-refractivity contribution in [2.24, 2.45) is 4.99 Å². The standard InChI is InChI=1S/C24H30N6O3/c1-14(2)27-22-17(9-25)8-18(10-26-22)24-28-23(29-33-24)21-5-4-16-11-30(12-19(32)13-31)7-6-20(16)15(21)3/h4-5,8,10,14,19,23,29,31-32H,6-7,11-13H2,1-3H3,(H,26,27)/t19-,23?/m0/s1. The van der Waals surface area contributed by atoms with Crippen LogP contribution in [0.2, 0.25) is 0 Å². The van der Waals surface area contributed by atoms with Crippen LogP contribution in [0.3, 0.4) is 0 Å². The molecule has 1 aromatic heterocycles. The lowest BCUT2D eigenvalue weighted by molar-refractivity contribution is 0.0550. The highest BCUT2D eigenvalue weighted by atomic mass is 16.7. The number of aliphatic hydroxyl groups is 2. The molecule has 1 unspecified atom stereocenters. The Kier molecular flexibility index (Phi) is 6.91. The predicted octanol–water partition coefficient (Wildman–Crippen LogP) is 1.77. The molecule has 0 fully saturated rings. The van der Waals surface area contributed by atoms with Gasteiger partial charge in [0.2, 0.25) is 5.90 Å². The van der Waals surface area contributed by atoms with Crippen LogP contribution in [-0.4, -0.2) is 57.8 Å². The molecule has 9 nitrogen and oxygen atoms in total. The van der Waals surface area contributed by atoms with Crippen LogP contribution in [0, 0.1) is 18.3 Å². The summed E-state index contributed by atoms with van der Waals surface area (Å²) in [5, 5.41) is 31.5. The number of pyridine rings is 1. The zero-order chi connectivity index (χ0) is 23.5. The van der Waals surface area contributed by atoms with Crippen molar-refractivity contribution in [3.63, 3.8) is 0 Å². The minimum atomic E-state index is -0.717. The molecule has 0 bridgehead atoms. The van der Waals surface area contributed by atoms with Gasteiger partial charge in [-0.05, 0) is 55.5 Å². The molecule has 0 radical (unpaired) electrons. The minimum absolute atomic E-state index is 0.167. The maximum Gasteiger partial charge on any atom is 0.244 e. The van der Waals surface area contributed by atoms with Gasteiger partial charge in [0.05, 0.1) is 23.8 Å². The second-order valence-electron chi connectivity index (χ2n) is 8.83. The molecule has 2 aliphatic rings. The number of anilines is 1. The summed E-state index contributed by atoms with van der Waals surface area (Å²) in [6.07, 6.45) is 1.46. The van der Waals surface area contributed by atoms with E-state index in [0.29, 0.717) is 29.4 Å². The topological polar surface area (TPSA) is 126 Å². The Bertz CT molecular complexity index is 1090. The lowest BCUT2D eigenvalue weighted by atomic mass is 9.90. The number of benzene rings is 1. The van der Waals surface area contributed by atoms with Gasteiger partial charge in [-0.3, -0.25) is 4.90 Å². The summed E-state index contributed by atoms with van der Waals surface area (Å²) in [5.41, 5.74) is 8.82. The third kappa shape index (κ3) is 4.99. The van der Waals surface area contributed by atoms with E-state index >= 15 is 0 Å². The Morgan fingerprint density at radius 2 is 2.21 bits per heavy atom. The Morgan fingerprint density at radius 1 is 1.39 bits per heavy atom. The number of fused-ring (bicyclic) bond motifs is 1. The zero-order valence-corrected chi connectivity index (χ0v) is 19.2. The molecule has 2 atom stereocenters. The maximum atomic E-state index is 9.75. The largest absolute Gasteiger partial charge is 0.394 e. The SMILES string of the molecule is Cc1c(C2N=C(c3cnc(NC(C)C)c(C#N)c3)ON2)ccc2c1CCN(C[C@H](O)CO)C2. The molecule has 0 saturated carbocycles. The number of aromatic nitrogens is 1. The molecule has 0 aliphatic carbocycles. The van der Waals surface area contributed by atoms with Crippen LogP contribution in [-0.2, 0) is 17.8 Å². The number of hydrogen-bond donors (Lipinski definition) is 4. The van der Waals surface area contributed by atoms with Crippen LogP contribution in [0.15, 0.2) is 29.4 Å². The van der Waals surface area contributed by atoms with Crippen LogP contribution in [0.25, 0.3) is 0 Å². The van der Waals surface area contributed by atoms with E-state index in [9.17, 15) is 10.4 Å². The number of aliphatic imine (C=N–C) groups is 1. The molecule has 2 aromatic rings. The van der Waals surface area contributed by atoms with Crippen molar-refractivity contribution in [1.29, 1.82) is 5.26 Å². The first-order valence-corrected chi connectivity index (χ1v) is 11.2. The first-order chi connectivity index (χ1) is 15.9. The lowest BCUT2D eigenvalue weighted by Gasteiger charge is -2.31. The zero-order valence-electron chi connectivity index (χ0n) is 19.2. The summed E-state index contributed by atoms with van der Waals surface area (Å²) >= 11 is 0. The summed E-state index contributed by atoms with van der Waals surface area (Å²) in [6.45, 7) is 7.90. The molecule has 33 heavy (non-hydrogen) atoms. The third-order valence-electron chi connectivity index (χ3n) is 5.98. The van der Waals surface area contributed by atoms with Crippen molar-refractivity contribution < 1.29 is 15.1 Å². The average Bonchev–Trinajstić information content (AvgIpc) is 3.29. The van der Waals surface area contributed by atoms with Crippen LogP contribution in [0.5, 0.6) is 0 Å². The quantitative estimate of drug-likeness (QED) is 0.503. The molecular formula is C24H30N6O3. The van der Waals surface area contributed by atoms with E-state index in [1.807, 2.05) is 13.8 Å². The number of nitrogens with one attached hydrogen (secondary N) is 2. The molecule has 0 saturated heterocycles. The Balaban J connectivity index is 1.54. The smallest absolute Gasteiger partial charge is 0.244 e.